The van der Waals surface area contributed by atoms with Gasteiger partial charge in [0.2, 0.25) is 10.0 Å². The topological polar surface area (TPSA) is 46.2 Å². The van der Waals surface area contributed by atoms with Gasteiger partial charge >= 0.3 is 0 Å². The molecule has 0 aliphatic heterocycles. The Morgan fingerprint density at radius 1 is 0.760 bits per heavy atom. The predicted octanol–water partition coefficient (Wildman–Crippen LogP) is 4.32. The highest BCUT2D eigenvalue weighted by Crippen LogP contribution is 2.32. The van der Waals surface area contributed by atoms with Crippen molar-refractivity contribution in [2.24, 2.45) is 0 Å². The molecular weight excluding hydrogens is 330 g/mol. The third-order valence-corrected chi connectivity index (χ3v) is 6.19. The quantitative estimate of drug-likeness (QED) is 0.762. The molecule has 3 aromatic carbocycles. The van der Waals surface area contributed by atoms with Gasteiger partial charge in [0.25, 0.3) is 0 Å². The fourth-order valence-electron chi connectivity index (χ4n) is 3.39. The first kappa shape index (κ1) is 16.1. The number of hydrogen-bond acceptors (Lipinski definition) is 2. The molecular formula is C21H19NO2S. The van der Waals surface area contributed by atoms with E-state index in [1.54, 1.807) is 12.1 Å². The molecule has 3 nitrogen and oxygen atoms in total. The van der Waals surface area contributed by atoms with E-state index in [0.717, 1.165) is 29.5 Å². The van der Waals surface area contributed by atoms with E-state index in [2.05, 4.69) is 10.8 Å². The van der Waals surface area contributed by atoms with Crippen molar-refractivity contribution in [1.82, 2.24) is 4.72 Å². The van der Waals surface area contributed by atoms with Gasteiger partial charge in [-0.25, -0.2) is 13.1 Å². The summed E-state index contributed by atoms with van der Waals surface area (Å²) in [6.45, 7) is 0. The van der Waals surface area contributed by atoms with Crippen LogP contribution in [-0.2, 0) is 16.4 Å². The summed E-state index contributed by atoms with van der Waals surface area (Å²) in [4.78, 5) is 0.302. The van der Waals surface area contributed by atoms with Crippen LogP contribution >= 0.6 is 0 Å². The lowest BCUT2D eigenvalue weighted by Crippen LogP contribution is -2.27. The Morgan fingerprint density at radius 2 is 1.40 bits per heavy atom. The van der Waals surface area contributed by atoms with Crippen LogP contribution < -0.4 is 4.72 Å². The summed E-state index contributed by atoms with van der Waals surface area (Å²) >= 11 is 0. The van der Waals surface area contributed by atoms with Gasteiger partial charge in [-0.15, -0.1) is 0 Å². The number of aryl methyl sites for hydroxylation is 1. The Morgan fingerprint density at radius 3 is 2.16 bits per heavy atom. The van der Waals surface area contributed by atoms with E-state index in [1.165, 1.54) is 5.56 Å². The van der Waals surface area contributed by atoms with Crippen LogP contribution in [0.4, 0.5) is 0 Å². The summed E-state index contributed by atoms with van der Waals surface area (Å²) in [7, 11) is -3.54. The minimum Gasteiger partial charge on any atom is -0.207 e. The zero-order valence-corrected chi connectivity index (χ0v) is 14.5. The molecule has 25 heavy (non-hydrogen) atoms. The second-order valence-corrected chi connectivity index (χ2v) is 8.02. The first-order valence-electron chi connectivity index (χ1n) is 8.39. The van der Waals surface area contributed by atoms with Gasteiger partial charge in [0.15, 0.2) is 0 Å². The van der Waals surface area contributed by atoms with Gasteiger partial charge in [0, 0.05) is 6.04 Å². The fourth-order valence-corrected chi connectivity index (χ4v) is 4.64. The zero-order valence-electron chi connectivity index (χ0n) is 13.7. The van der Waals surface area contributed by atoms with Crippen LogP contribution in [0.5, 0.6) is 0 Å². The average molecular weight is 349 g/mol. The molecule has 4 heteroatoms. The Kier molecular flexibility index (Phi) is 4.15. The maximum atomic E-state index is 12.7. The van der Waals surface area contributed by atoms with E-state index < -0.39 is 10.0 Å². The van der Waals surface area contributed by atoms with Crippen LogP contribution in [0.15, 0.2) is 83.8 Å². The monoisotopic (exact) mass is 349 g/mol. The van der Waals surface area contributed by atoms with Gasteiger partial charge in [-0.3, -0.25) is 0 Å². The van der Waals surface area contributed by atoms with Crippen molar-refractivity contribution in [3.05, 3.63) is 90.0 Å². The fraction of sp³-hybridized carbons (Fsp3) is 0.143. The van der Waals surface area contributed by atoms with Crippen molar-refractivity contribution in [3.8, 4) is 11.1 Å². The van der Waals surface area contributed by atoms with Crippen molar-refractivity contribution in [3.63, 3.8) is 0 Å². The highest BCUT2D eigenvalue weighted by Gasteiger charge is 2.27. The Balaban J connectivity index is 1.57. The van der Waals surface area contributed by atoms with E-state index >= 15 is 0 Å². The first-order valence-corrected chi connectivity index (χ1v) is 9.87. The number of benzene rings is 3. The lowest BCUT2D eigenvalue weighted by atomic mass is 10.1. The van der Waals surface area contributed by atoms with E-state index in [1.807, 2.05) is 60.7 Å². The van der Waals surface area contributed by atoms with Crippen molar-refractivity contribution < 1.29 is 8.42 Å². The summed E-state index contributed by atoms with van der Waals surface area (Å²) in [6.07, 6.45) is 1.72. The Bertz CT molecular complexity index is 980. The van der Waals surface area contributed by atoms with Gasteiger partial charge in [0.1, 0.15) is 0 Å². The lowest BCUT2D eigenvalue weighted by molar-refractivity contribution is 0.554. The van der Waals surface area contributed by atoms with Gasteiger partial charge in [-0.1, -0.05) is 66.7 Å². The summed E-state index contributed by atoms with van der Waals surface area (Å²) in [5.74, 6) is 0. The number of fused-ring (bicyclic) bond motifs is 1. The molecule has 1 aliphatic rings. The van der Waals surface area contributed by atoms with Crippen molar-refractivity contribution in [1.29, 1.82) is 0 Å². The summed E-state index contributed by atoms with van der Waals surface area (Å²) in [5, 5.41) is 0. The number of sulfonamides is 1. The molecule has 126 valence electrons. The molecule has 1 unspecified atom stereocenters. The normalized spacial score (nSPS) is 16.6. The van der Waals surface area contributed by atoms with Crippen LogP contribution in [0.2, 0.25) is 0 Å². The molecule has 0 amide bonds. The summed E-state index contributed by atoms with van der Waals surface area (Å²) < 4.78 is 28.3. The molecule has 0 spiro atoms. The number of rotatable bonds is 4. The maximum Gasteiger partial charge on any atom is 0.241 e. The van der Waals surface area contributed by atoms with Crippen LogP contribution in [-0.4, -0.2) is 8.42 Å². The predicted molar refractivity (Wildman–Crippen MR) is 99.7 cm³/mol. The van der Waals surface area contributed by atoms with Crippen molar-refractivity contribution >= 4 is 10.0 Å². The smallest absolute Gasteiger partial charge is 0.207 e. The van der Waals surface area contributed by atoms with E-state index in [-0.39, 0.29) is 6.04 Å². The molecule has 4 rings (SSSR count). The average Bonchev–Trinajstić information content (AvgIpc) is 3.05. The van der Waals surface area contributed by atoms with Crippen LogP contribution in [0.3, 0.4) is 0 Å². The molecule has 1 N–H and O–H groups in total. The molecule has 0 heterocycles. The second kappa shape index (κ2) is 6.47. The molecule has 0 bridgehead atoms. The molecule has 0 saturated heterocycles. The third kappa shape index (κ3) is 3.23. The van der Waals surface area contributed by atoms with Gasteiger partial charge < -0.3 is 0 Å². The third-order valence-electron chi connectivity index (χ3n) is 4.70. The molecule has 1 aliphatic carbocycles. The molecule has 0 fully saturated rings. The zero-order chi connectivity index (χ0) is 17.3. The van der Waals surface area contributed by atoms with Crippen molar-refractivity contribution in [2.45, 2.75) is 23.8 Å². The number of nitrogens with one attached hydrogen (secondary N) is 1. The van der Waals surface area contributed by atoms with E-state index in [4.69, 9.17) is 0 Å². The molecule has 1 atom stereocenters. The van der Waals surface area contributed by atoms with Crippen LogP contribution in [0, 0.1) is 0 Å². The van der Waals surface area contributed by atoms with Gasteiger partial charge in [-0.05, 0) is 47.2 Å². The lowest BCUT2D eigenvalue weighted by Gasteiger charge is -2.15. The minimum absolute atomic E-state index is 0.144. The Labute approximate surface area is 148 Å². The molecule has 0 aromatic heterocycles. The maximum absolute atomic E-state index is 12.7. The van der Waals surface area contributed by atoms with Crippen molar-refractivity contribution in [2.75, 3.05) is 0 Å². The highest BCUT2D eigenvalue weighted by atomic mass is 32.2. The second-order valence-electron chi connectivity index (χ2n) is 6.30. The number of hydrogen-bond donors (Lipinski definition) is 1. The van der Waals surface area contributed by atoms with Crippen LogP contribution in [0.25, 0.3) is 11.1 Å². The summed E-state index contributed by atoms with van der Waals surface area (Å²) in [5.41, 5.74) is 4.40. The minimum atomic E-state index is -3.54. The molecule has 0 saturated carbocycles. The largest absolute Gasteiger partial charge is 0.241 e. The van der Waals surface area contributed by atoms with E-state index in [9.17, 15) is 8.42 Å². The summed E-state index contributed by atoms with van der Waals surface area (Å²) in [6, 6.07) is 24.9. The Hall–Kier alpha value is -2.43. The molecule has 0 radical (unpaired) electrons. The molecule has 3 aromatic rings. The standard InChI is InChI=1S/C21H19NO2S/c23-25(24,22-21-15-12-18-8-4-5-9-20(18)21)19-13-10-17(11-14-19)16-6-2-1-3-7-16/h1-11,13-14,21-22H,12,15H2. The van der Waals surface area contributed by atoms with Gasteiger partial charge in [0.05, 0.1) is 4.90 Å². The SMILES string of the molecule is O=S(=O)(NC1CCc2ccccc21)c1ccc(-c2ccccc2)cc1. The van der Waals surface area contributed by atoms with E-state index in [0.29, 0.717) is 4.90 Å². The van der Waals surface area contributed by atoms with Crippen LogP contribution in [0.1, 0.15) is 23.6 Å². The van der Waals surface area contributed by atoms with Gasteiger partial charge in [-0.2, -0.15) is 0 Å². The first-order chi connectivity index (χ1) is 12.1. The highest BCUT2D eigenvalue weighted by molar-refractivity contribution is 7.89.